The van der Waals surface area contributed by atoms with Crippen LogP contribution in [0.15, 0.2) is 24.8 Å². The van der Waals surface area contributed by atoms with Gasteiger partial charge in [0.05, 0.1) is 17.9 Å². The van der Waals surface area contributed by atoms with Crippen LogP contribution in [-0.2, 0) is 23.9 Å². The Morgan fingerprint density at radius 2 is 1.93 bits per heavy atom. The highest BCUT2D eigenvalue weighted by Gasteiger charge is 2.52. The van der Waals surface area contributed by atoms with Gasteiger partial charge >= 0.3 is 5.97 Å². The standard InChI is InChI=1S/C23H31NO5/c1-4-7-16(9-6-8-15-12-19(15)14(3)25)24-22(27)18-11-10-17(29-21(26)5-2)13-20(18)23(24)28/h4,6,9,15-20H,1,5,7-8,10-13H2,2-3H3/b9-6-. The molecular formula is C23H31NO5. The van der Waals surface area contributed by atoms with Crippen LogP contribution < -0.4 is 0 Å². The maximum atomic E-state index is 13.1. The van der Waals surface area contributed by atoms with Crippen LogP contribution in [0, 0.1) is 23.7 Å². The molecule has 0 aromatic heterocycles. The molecule has 0 aromatic rings. The van der Waals surface area contributed by atoms with Crippen molar-refractivity contribution in [1.82, 2.24) is 4.90 Å². The molecule has 6 nitrogen and oxygen atoms in total. The van der Waals surface area contributed by atoms with Crippen molar-refractivity contribution in [3.8, 4) is 0 Å². The molecule has 0 aromatic carbocycles. The molecule has 2 amide bonds. The zero-order valence-electron chi connectivity index (χ0n) is 17.3. The van der Waals surface area contributed by atoms with Crippen LogP contribution in [0.2, 0.25) is 0 Å². The monoisotopic (exact) mass is 401 g/mol. The zero-order chi connectivity index (χ0) is 21.1. The smallest absolute Gasteiger partial charge is 0.305 e. The summed E-state index contributed by atoms with van der Waals surface area (Å²) in [7, 11) is 0. The van der Waals surface area contributed by atoms with Gasteiger partial charge < -0.3 is 4.74 Å². The number of rotatable bonds is 9. The number of amides is 2. The summed E-state index contributed by atoms with van der Waals surface area (Å²) in [5, 5.41) is 0. The van der Waals surface area contributed by atoms with Gasteiger partial charge in [0.2, 0.25) is 11.8 Å². The number of allylic oxidation sites excluding steroid dienone is 1. The Morgan fingerprint density at radius 1 is 1.21 bits per heavy atom. The third-order valence-corrected chi connectivity index (χ3v) is 6.48. The number of ether oxygens (including phenoxy) is 1. The number of likely N-dealkylation sites (tertiary alicyclic amines) is 1. The average Bonchev–Trinajstić information content (AvgIpc) is 3.43. The summed E-state index contributed by atoms with van der Waals surface area (Å²) in [6.45, 7) is 7.14. The van der Waals surface area contributed by atoms with Gasteiger partial charge in [-0.1, -0.05) is 25.2 Å². The molecule has 2 saturated carbocycles. The summed E-state index contributed by atoms with van der Waals surface area (Å²) in [6.07, 6.45) is 9.48. The summed E-state index contributed by atoms with van der Waals surface area (Å²) in [4.78, 5) is 50.4. The van der Waals surface area contributed by atoms with Crippen LogP contribution in [0.1, 0.15) is 58.8 Å². The topological polar surface area (TPSA) is 80.8 Å². The number of nitrogens with zero attached hydrogens (tertiary/aromatic N) is 1. The first kappa shape index (κ1) is 21.5. The van der Waals surface area contributed by atoms with Crippen molar-refractivity contribution in [2.24, 2.45) is 23.7 Å². The maximum absolute atomic E-state index is 13.1. The van der Waals surface area contributed by atoms with Crippen LogP contribution in [-0.4, -0.2) is 40.6 Å². The Balaban J connectivity index is 1.65. The number of hydrogen-bond donors (Lipinski definition) is 0. The van der Waals surface area contributed by atoms with Gasteiger partial charge in [-0.3, -0.25) is 24.1 Å². The summed E-state index contributed by atoms with van der Waals surface area (Å²) in [6, 6.07) is -0.343. The first-order valence-corrected chi connectivity index (χ1v) is 10.7. The van der Waals surface area contributed by atoms with E-state index in [1.165, 1.54) is 4.90 Å². The molecule has 0 N–H and O–H groups in total. The van der Waals surface area contributed by atoms with E-state index in [2.05, 4.69) is 6.58 Å². The Kier molecular flexibility index (Phi) is 6.70. The molecule has 1 aliphatic heterocycles. The SMILES string of the molecule is C=CCC(/C=C\CC1CC1C(C)=O)N1C(=O)C2CCC(OC(=O)CC)CC2C1=O. The fourth-order valence-electron chi connectivity index (χ4n) is 4.73. The predicted octanol–water partition coefficient (Wildman–Crippen LogP) is 3.21. The molecule has 3 rings (SSSR count). The third-order valence-electron chi connectivity index (χ3n) is 6.48. The Hall–Kier alpha value is -2.24. The van der Waals surface area contributed by atoms with E-state index in [9.17, 15) is 19.2 Å². The lowest BCUT2D eigenvalue weighted by Gasteiger charge is -2.28. The number of Topliss-reactive ketones (excluding diaryl/α,β-unsaturated/α-hetero) is 1. The highest BCUT2D eigenvalue weighted by molar-refractivity contribution is 6.05. The van der Waals surface area contributed by atoms with Crippen LogP contribution in [0.4, 0.5) is 0 Å². The number of carbonyl (C=O) groups is 4. The molecule has 3 aliphatic rings. The first-order valence-electron chi connectivity index (χ1n) is 10.7. The number of imide groups is 1. The molecule has 1 heterocycles. The molecule has 6 atom stereocenters. The van der Waals surface area contributed by atoms with E-state index in [1.54, 1.807) is 19.9 Å². The summed E-state index contributed by atoms with van der Waals surface area (Å²) >= 11 is 0. The van der Waals surface area contributed by atoms with Gasteiger partial charge in [0.25, 0.3) is 0 Å². The van der Waals surface area contributed by atoms with Crippen LogP contribution in [0.5, 0.6) is 0 Å². The van der Waals surface area contributed by atoms with Gasteiger partial charge in [0.15, 0.2) is 0 Å². The minimum absolute atomic E-state index is 0.121. The second kappa shape index (κ2) is 9.06. The normalized spacial score (nSPS) is 32.2. The predicted molar refractivity (Wildman–Crippen MR) is 107 cm³/mol. The minimum atomic E-state index is -0.405. The second-order valence-corrected chi connectivity index (χ2v) is 8.51. The molecule has 3 fully saturated rings. The van der Waals surface area contributed by atoms with Crippen LogP contribution in [0.3, 0.4) is 0 Å². The fraction of sp³-hybridized carbons (Fsp3) is 0.652. The van der Waals surface area contributed by atoms with Crippen molar-refractivity contribution in [3.05, 3.63) is 24.8 Å². The minimum Gasteiger partial charge on any atom is -0.462 e. The number of hydrogen-bond acceptors (Lipinski definition) is 5. The van der Waals surface area contributed by atoms with Crippen molar-refractivity contribution in [2.45, 2.75) is 70.9 Å². The number of esters is 1. The van der Waals surface area contributed by atoms with Gasteiger partial charge in [-0.15, -0.1) is 6.58 Å². The van der Waals surface area contributed by atoms with Gasteiger partial charge in [-0.05, 0) is 51.4 Å². The Labute approximate surface area is 172 Å². The van der Waals surface area contributed by atoms with Gasteiger partial charge in [0, 0.05) is 12.3 Å². The van der Waals surface area contributed by atoms with E-state index in [1.807, 2.05) is 12.2 Å². The molecule has 158 valence electrons. The largest absolute Gasteiger partial charge is 0.462 e. The van der Waals surface area contributed by atoms with Gasteiger partial charge in [-0.2, -0.15) is 0 Å². The quantitative estimate of drug-likeness (QED) is 0.337. The maximum Gasteiger partial charge on any atom is 0.305 e. The molecule has 0 radical (unpaired) electrons. The third kappa shape index (κ3) is 4.68. The van der Waals surface area contributed by atoms with Crippen molar-refractivity contribution < 1.29 is 23.9 Å². The van der Waals surface area contributed by atoms with Crippen molar-refractivity contribution >= 4 is 23.6 Å². The zero-order valence-corrected chi connectivity index (χ0v) is 17.3. The van der Waals surface area contributed by atoms with E-state index < -0.39 is 5.92 Å². The van der Waals surface area contributed by atoms with Gasteiger partial charge in [-0.25, -0.2) is 0 Å². The summed E-state index contributed by atoms with van der Waals surface area (Å²) < 4.78 is 5.42. The molecule has 1 saturated heterocycles. The van der Waals surface area contributed by atoms with E-state index in [-0.39, 0.29) is 47.5 Å². The van der Waals surface area contributed by atoms with Crippen molar-refractivity contribution in [3.63, 3.8) is 0 Å². The highest BCUT2D eigenvalue weighted by Crippen LogP contribution is 2.43. The molecular weight excluding hydrogens is 370 g/mol. The number of ketones is 1. The van der Waals surface area contributed by atoms with Crippen molar-refractivity contribution in [2.75, 3.05) is 0 Å². The average molecular weight is 402 g/mol. The highest BCUT2D eigenvalue weighted by atomic mass is 16.5. The van der Waals surface area contributed by atoms with E-state index in [0.717, 1.165) is 12.8 Å². The number of fused-ring (bicyclic) bond motifs is 1. The van der Waals surface area contributed by atoms with Gasteiger partial charge in [0.1, 0.15) is 11.9 Å². The van der Waals surface area contributed by atoms with Crippen molar-refractivity contribution in [1.29, 1.82) is 0 Å². The van der Waals surface area contributed by atoms with Crippen LogP contribution >= 0.6 is 0 Å². The molecule has 29 heavy (non-hydrogen) atoms. The lowest BCUT2D eigenvalue weighted by molar-refractivity contribution is -0.152. The van der Waals surface area contributed by atoms with E-state index in [0.29, 0.717) is 38.0 Å². The Morgan fingerprint density at radius 3 is 2.55 bits per heavy atom. The molecule has 6 unspecified atom stereocenters. The summed E-state index contributed by atoms with van der Waals surface area (Å²) in [5.41, 5.74) is 0. The first-order chi connectivity index (χ1) is 13.9. The molecule has 2 aliphatic carbocycles. The van der Waals surface area contributed by atoms with Crippen LogP contribution in [0.25, 0.3) is 0 Å². The lowest BCUT2D eigenvalue weighted by Crippen LogP contribution is -2.39. The number of carbonyl (C=O) groups excluding carboxylic acids is 4. The summed E-state index contributed by atoms with van der Waals surface area (Å²) in [5.74, 6) is -0.487. The molecule has 0 spiro atoms. The van der Waals surface area contributed by atoms with E-state index >= 15 is 0 Å². The molecule has 6 heteroatoms. The Bertz CT molecular complexity index is 727. The second-order valence-electron chi connectivity index (χ2n) is 8.51. The lowest BCUT2D eigenvalue weighted by atomic mass is 9.79. The van der Waals surface area contributed by atoms with E-state index in [4.69, 9.17) is 4.74 Å². The fourth-order valence-corrected chi connectivity index (χ4v) is 4.73. The molecule has 0 bridgehead atoms.